The van der Waals surface area contributed by atoms with Gasteiger partial charge in [0.1, 0.15) is 16.3 Å². The molecule has 2 aromatic rings. The van der Waals surface area contributed by atoms with Crippen LogP contribution in [0.25, 0.3) is 11.3 Å². The molecule has 106 valence electrons. The number of H-pyrrole nitrogens is 1. The Hall–Kier alpha value is -1.55. The highest BCUT2D eigenvalue weighted by atomic mass is 32.1. The summed E-state index contributed by atoms with van der Waals surface area (Å²) in [5, 5.41) is 0. The molecule has 0 radical (unpaired) electrons. The van der Waals surface area contributed by atoms with E-state index in [1.165, 1.54) is 12.1 Å². The van der Waals surface area contributed by atoms with E-state index in [0.29, 0.717) is 4.64 Å². The monoisotopic (exact) mass is 290 g/mol. The van der Waals surface area contributed by atoms with Crippen LogP contribution < -0.4 is 0 Å². The first-order valence-electron chi connectivity index (χ1n) is 6.58. The van der Waals surface area contributed by atoms with Gasteiger partial charge >= 0.3 is 0 Å². The number of nitrogens with zero attached hydrogens (tertiary/aromatic N) is 1. The van der Waals surface area contributed by atoms with Crippen LogP contribution in [0, 0.1) is 24.3 Å². The molecule has 0 saturated heterocycles. The number of benzene rings is 1. The van der Waals surface area contributed by atoms with Gasteiger partial charge in [0.15, 0.2) is 0 Å². The fourth-order valence-electron chi connectivity index (χ4n) is 2.02. The van der Waals surface area contributed by atoms with E-state index in [0.717, 1.165) is 28.2 Å². The van der Waals surface area contributed by atoms with Gasteiger partial charge in [-0.1, -0.05) is 39.1 Å². The number of hydrogen-bond acceptors (Lipinski definition) is 2. The molecule has 0 amide bonds. The van der Waals surface area contributed by atoms with Crippen LogP contribution in [-0.2, 0) is 5.41 Å². The van der Waals surface area contributed by atoms with Gasteiger partial charge in [-0.25, -0.2) is 9.37 Å². The van der Waals surface area contributed by atoms with E-state index >= 15 is 0 Å². The summed E-state index contributed by atoms with van der Waals surface area (Å²) in [6.07, 6.45) is 0. The average molecular weight is 290 g/mol. The molecule has 1 aromatic carbocycles. The van der Waals surface area contributed by atoms with E-state index in [2.05, 4.69) is 30.7 Å². The van der Waals surface area contributed by atoms with E-state index in [1.807, 2.05) is 13.8 Å². The fraction of sp³-hybridized carbons (Fsp3) is 0.375. The van der Waals surface area contributed by atoms with Crippen molar-refractivity contribution in [2.45, 2.75) is 40.0 Å². The SMILES string of the molecule is Cc1ccc(F)cc1-c1[nH]c(C(C)(C)C)nc(=S)c1C. The molecule has 0 fully saturated rings. The summed E-state index contributed by atoms with van der Waals surface area (Å²) >= 11 is 5.35. The second kappa shape index (κ2) is 5.09. The third-order valence-electron chi connectivity index (χ3n) is 3.33. The Morgan fingerprint density at radius 2 is 1.85 bits per heavy atom. The van der Waals surface area contributed by atoms with E-state index in [9.17, 15) is 4.39 Å². The first-order valence-corrected chi connectivity index (χ1v) is 6.99. The van der Waals surface area contributed by atoms with Crippen LogP contribution in [0.5, 0.6) is 0 Å². The first-order chi connectivity index (χ1) is 9.20. The maximum atomic E-state index is 13.5. The van der Waals surface area contributed by atoms with E-state index in [-0.39, 0.29) is 11.2 Å². The Bertz CT molecular complexity index is 711. The number of hydrogen-bond donors (Lipinski definition) is 1. The summed E-state index contributed by atoms with van der Waals surface area (Å²) in [6, 6.07) is 4.78. The lowest BCUT2D eigenvalue weighted by atomic mass is 9.94. The van der Waals surface area contributed by atoms with Gasteiger partial charge in [0.05, 0.1) is 5.69 Å². The highest BCUT2D eigenvalue weighted by molar-refractivity contribution is 7.71. The van der Waals surface area contributed by atoms with Gasteiger partial charge in [0.2, 0.25) is 0 Å². The Morgan fingerprint density at radius 1 is 1.20 bits per heavy atom. The van der Waals surface area contributed by atoms with Gasteiger partial charge in [-0.3, -0.25) is 0 Å². The van der Waals surface area contributed by atoms with E-state index < -0.39 is 0 Å². The molecule has 4 heteroatoms. The lowest BCUT2D eigenvalue weighted by molar-refractivity contribution is 0.544. The molecule has 0 aliphatic rings. The standard InChI is InChI=1S/C16H19FN2S/c1-9-6-7-11(17)8-12(9)13-10(2)14(20)19-15(18-13)16(3,4)5/h6-8H,1-5H3,(H,18,19,20). The van der Waals surface area contributed by atoms with Crippen molar-refractivity contribution in [3.8, 4) is 11.3 Å². The number of aromatic nitrogens is 2. The largest absolute Gasteiger partial charge is 0.342 e. The van der Waals surface area contributed by atoms with Crippen LogP contribution in [0.4, 0.5) is 4.39 Å². The molecule has 20 heavy (non-hydrogen) atoms. The molecule has 2 nitrogen and oxygen atoms in total. The lowest BCUT2D eigenvalue weighted by Crippen LogP contribution is -2.17. The zero-order chi connectivity index (χ0) is 15.1. The van der Waals surface area contributed by atoms with Crippen molar-refractivity contribution in [2.24, 2.45) is 0 Å². The average Bonchev–Trinajstić information content (AvgIpc) is 2.34. The van der Waals surface area contributed by atoms with Crippen molar-refractivity contribution in [3.05, 3.63) is 45.6 Å². The minimum Gasteiger partial charge on any atom is -0.342 e. The predicted octanol–water partition coefficient (Wildman–Crippen LogP) is 4.86. The minimum absolute atomic E-state index is 0.142. The zero-order valence-electron chi connectivity index (χ0n) is 12.5. The van der Waals surface area contributed by atoms with Crippen LogP contribution in [0.3, 0.4) is 0 Å². The third-order valence-corrected chi connectivity index (χ3v) is 3.73. The fourth-order valence-corrected chi connectivity index (χ4v) is 2.21. The lowest BCUT2D eigenvalue weighted by Gasteiger charge is -2.20. The second-order valence-corrected chi connectivity index (χ2v) is 6.49. The second-order valence-electron chi connectivity index (χ2n) is 6.10. The molecule has 0 atom stereocenters. The van der Waals surface area contributed by atoms with Crippen LogP contribution in [-0.4, -0.2) is 9.97 Å². The molecule has 0 saturated carbocycles. The summed E-state index contributed by atoms with van der Waals surface area (Å²) in [6.45, 7) is 10.1. The molecular formula is C16H19FN2S. The highest BCUT2D eigenvalue weighted by Crippen LogP contribution is 2.28. The maximum absolute atomic E-state index is 13.5. The Balaban J connectivity index is 2.77. The Morgan fingerprint density at radius 3 is 2.45 bits per heavy atom. The number of aromatic amines is 1. The van der Waals surface area contributed by atoms with Crippen molar-refractivity contribution < 1.29 is 4.39 Å². The summed E-state index contributed by atoms with van der Waals surface area (Å²) in [5.41, 5.74) is 3.43. The summed E-state index contributed by atoms with van der Waals surface area (Å²) in [7, 11) is 0. The predicted molar refractivity (Wildman–Crippen MR) is 83.0 cm³/mol. The highest BCUT2D eigenvalue weighted by Gasteiger charge is 2.19. The first kappa shape index (κ1) is 14.9. The zero-order valence-corrected chi connectivity index (χ0v) is 13.3. The summed E-state index contributed by atoms with van der Waals surface area (Å²) in [4.78, 5) is 7.78. The quantitative estimate of drug-likeness (QED) is 0.760. The van der Waals surface area contributed by atoms with Gasteiger partial charge in [0.25, 0.3) is 0 Å². The maximum Gasteiger partial charge on any atom is 0.133 e. The molecule has 1 heterocycles. The van der Waals surface area contributed by atoms with Crippen molar-refractivity contribution in [3.63, 3.8) is 0 Å². The third kappa shape index (κ3) is 2.80. The van der Waals surface area contributed by atoms with Gasteiger partial charge < -0.3 is 4.98 Å². The van der Waals surface area contributed by atoms with Gasteiger partial charge in [-0.2, -0.15) is 0 Å². The molecule has 0 aliphatic heterocycles. The van der Waals surface area contributed by atoms with Crippen LogP contribution in [0.1, 0.15) is 37.7 Å². The van der Waals surface area contributed by atoms with Crippen molar-refractivity contribution >= 4 is 12.2 Å². The molecular weight excluding hydrogens is 271 g/mol. The molecule has 0 bridgehead atoms. The topological polar surface area (TPSA) is 28.7 Å². The van der Waals surface area contributed by atoms with Crippen LogP contribution >= 0.6 is 12.2 Å². The molecule has 0 unspecified atom stereocenters. The normalized spacial score (nSPS) is 11.7. The molecule has 1 N–H and O–H groups in total. The summed E-state index contributed by atoms with van der Waals surface area (Å²) < 4.78 is 14.1. The van der Waals surface area contributed by atoms with Gasteiger partial charge in [-0.05, 0) is 31.5 Å². The van der Waals surface area contributed by atoms with Crippen LogP contribution in [0.15, 0.2) is 18.2 Å². The molecule has 0 spiro atoms. The Labute approximate surface area is 124 Å². The number of aryl methyl sites for hydroxylation is 1. The van der Waals surface area contributed by atoms with Gasteiger partial charge in [0, 0.05) is 16.5 Å². The molecule has 1 aromatic heterocycles. The van der Waals surface area contributed by atoms with Crippen molar-refractivity contribution in [1.82, 2.24) is 9.97 Å². The van der Waals surface area contributed by atoms with Crippen LogP contribution in [0.2, 0.25) is 0 Å². The summed E-state index contributed by atoms with van der Waals surface area (Å²) in [5.74, 6) is 0.560. The minimum atomic E-state index is -0.251. The van der Waals surface area contributed by atoms with Crippen molar-refractivity contribution in [2.75, 3.05) is 0 Å². The number of rotatable bonds is 1. The van der Waals surface area contributed by atoms with Crippen molar-refractivity contribution in [1.29, 1.82) is 0 Å². The van der Waals surface area contributed by atoms with E-state index in [4.69, 9.17) is 12.2 Å². The molecule has 2 rings (SSSR count). The van der Waals surface area contributed by atoms with E-state index in [1.54, 1.807) is 6.07 Å². The Kier molecular flexibility index (Phi) is 3.78. The number of halogens is 1. The number of nitrogens with one attached hydrogen (secondary N) is 1. The molecule has 0 aliphatic carbocycles. The van der Waals surface area contributed by atoms with Gasteiger partial charge in [-0.15, -0.1) is 0 Å². The smallest absolute Gasteiger partial charge is 0.133 e.